The Balaban J connectivity index is 1.36. The van der Waals surface area contributed by atoms with Crippen molar-refractivity contribution in [1.82, 2.24) is 15.1 Å². The maximum atomic E-state index is 13.0. The first-order valence-corrected chi connectivity index (χ1v) is 11.6. The largest absolute Gasteiger partial charge is 0.507 e. The highest BCUT2D eigenvalue weighted by Crippen LogP contribution is 2.39. The number of phenols is 1. The van der Waals surface area contributed by atoms with Gasteiger partial charge in [0.1, 0.15) is 5.75 Å². The van der Waals surface area contributed by atoms with Crippen LogP contribution >= 0.6 is 0 Å². The van der Waals surface area contributed by atoms with Gasteiger partial charge in [-0.05, 0) is 61.9 Å². The molecule has 0 bridgehead atoms. The molecule has 2 aromatic carbocycles. The van der Waals surface area contributed by atoms with Crippen molar-refractivity contribution in [2.24, 2.45) is 5.92 Å². The molecule has 170 valence electrons. The molecule has 1 heterocycles. The lowest BCUT2D eigenvalue weighted by atomic mass is 9.82. The Morgan fingerprint density at radius 2 is 1.82 bits per heavy atom. The molecule has 5 rings (SSSR count). The fourth-order valence-electron chi connectivity index (χ4n) is 4.13. The van der Waals surface area contributed by atoms with E-state index in [9.17, 15) is 14.7 Å². The highest BCUT2D eigenvalue weighted by molar-refractivity contribution is 5.95. The van der Waals surface area contributed by atoms with Crippen LogP contribution in [0.25, 0.3) is 11.3 Å². The van der Waals surface area contributed by atoms with Gasteiger partial charge in [-0.3, -0.25) is 4.79 Å². The fraction of sp³-hybridized carbons (Fsp3) is 0.346. The van der Waals surface area contributed by atoms with Crippen LogP contribution in [0.3, 0.4) is 0 Å². The van der Waals surface area contributed by atoms with Crippen molar-refractivity contribution < 1.29 is 14.7 Å². The quantitative estimate of drug-likeness (QED) is 0.461. The second-order valence-electron chi connectivity index (χ2n) is 8.96. The number of aromatic nitrogens is 2. The predicted molar refractivity (Wildman–Crippen MR) is 126 cm³/mol. The van der Waals surface area contributed by atoms with Crippen LogP contribution in [0, 0.1) is 5.92 Å². The first-order valence-electron chi connectivity index (χ1n) is 11.6. The van der Waals surface area contributed by atoms with Crippen LogP contribution in [-0.4, -0.2) is 33.4 Å². The number of rotatable bonds is 7. The lowest BCUT2D eigenvalue weighted by Gasteiger charge is -2.25. The van der Waals surface area contributed by atoms with E-state index in [4.69, 9.17) is 0 Å². The maximum absolute atomic E-state index is 13.0. The van der Waals surface area contributed by atoms with Gasteiger partial charge >= 0.3 is 6.03 Å². The number of nitrogens with one attached hydrogen (secondary N) is 2. The van der Waals surface area contributed by atoms with E-state index >= 15 is 0 Å². The van der Waals surface area contributed by atoms with E-state index in [-0.39, 0.29) is 29.5 Å². The molecule has 0 radical (unpaired) electrons. The molecule has 0 unspecified atom stereocenters. The predicted octanol–water partition coefficient (Wildman–Crippen LogP) is 4.67. The summed E-state index contributed by atoms with van der Waals surface area (Å²) in [6.07, 6.45) is 5.76. The van der Waals surface area contributed by atoms with Crippen molar-refractivity contribution >= 4 is 17.6 Å². The first kappa shape index (κ1) is 21.2. The topological polar surface area (TPSA) is 96.2 Å². The standard InChI is InChI=1S/C26H28N4O3/c31-24-12-11-20(28-25(32)19-9-10-19)15-21(24)22-16-23(18-7-4-8-18)30(29-22)26(33)27-14-13-17-5-2-1-3-6-17/h1-3,5-6,11-12,15-16,18-19,31H,4,7-10,13-14H2,(H,27,33)(H,28,32). The molecule has 7 nitrogen and oxygen atoms in total. The lowest BCUT2D eigenvalue weighted by molar-refractivity contribution is -0.117. The van der Waals surface area contributed by atoms with Crippen LogP contribution in [0.2, 0.25) is 0 Å². The molecule has 1 aromatic heterocycles. The smallest absolute Gasteiger partial charge is 0.342 e. The van der Waals surface area contributed by atoms with Crippen LogP contribution < -0.4 is 10.6 Å². The van der Waals surface area contributed by atoms with E-state index in [0.717, 1.165) is 49.8 Å². The summed E-state index contributed by atoms with van der Waals surface area (Å²) in [5.74, 6) is 0.441. The SMILES string of the molecule is O=C(Nc1ccc(O)c(-c2cc(C3CCC3)n(C(=O)NCCc3ccccc3)n2)c1)C1CC1. The van der Waals surface area contributed by atoms with E-state index in [1.165, 1.54) is 4.68 Å². The Hall–Kier alpha value is -3.61. The van der Waals surface area contributed by atoms with E-state index in [1.54, 1.807) is 18.2 Å². The molecule has 2 fully saturated rings. The molecular formula is C26H28N4O3. The van der Waals surface area contributed by atoms with Gasteiger partial charge in [0.25, 0.3) is 0 Å². The highest BCUT2D eigenvalue weighted by atomic mass is 16.3. The van der Waals surface area contributed by atoms with Gasteiger partial charge in [0, 0.05) is 29.6 Å². The van der Waals surface area contributed by atoms with E-state index in [2.05, 4.69) is 15.7 Å². The summed E-state index contributed by atoms with van der Waals surface area (Å²) < 4.78 is 1.44. The summed E-state index contributed by atoms with van der Waals surface area (Å²) in [5, 5.41) is 20.9. The van der Waals surface area contributed by atoms with Crippen molar-refractivity contribution in [3.63, 3.8) is 0 Å². The Labute approximate surface area is 192 Å². The average Bonchev–Trinajstić information content (AvgIpc) is 3.55. The minimum atomic E-state index is -0.267. The molecule has 3 N–H and O–H groups in total. The zero-order valence-corrected chi connectivity index (χ0v) is 18.5. The molecule has 0 atom stereocenters. The molecule has 0 spiro atoms. The average molecular weight is 445 g/mol. The molecule has 0 aliphatic heterocycles. The van der Waals surface area contributed by atoms with E-state index < -0.39 is 0 Å². The zero-order valence-electron chi connectivity index (χ0n) is 18.5. The van der Waals surface area contributed by atoms with Gasteiger partial charge in [-0.25, -0.2) is 4.79 Å². The number of phenolic OH excluding ortho intramolecular Hbond substituents is 1. The van der Waals surface area contributed by atoms with Crippen molar-refractivity contribution in [3.05, 3.63) is 65.9 Å². The second kappa shape index (κ2) is 9.10. The van der Waals surface area contributed by atoms with Gasteiger partial charge < -0.3 is 15.7 Å². The van der Waals surface area contributed by atoms with Crippen LogP contribution in [0.15, 0.2) is 54.6 Å². The van der Waals surface area contributed by atoms with Gasteiger partial charge in [-0.2, -0.15) is 9.78 Å². The lowest BCUT2D eigenvalue weighted by Crippen LogP contribution is -2.33. The monoisotopic (exact) mass is 444 g/mol. The van der Waals surface area contributed by atoms with Crippen molar-refractivity contribution in [2.45, 2.75) is 44.4 Å². The minimum Gasteiger partial charge on any atom is -0.507 e. The summed E-state index contributed by atoms with van der Waals surface area (Å²) in [5.41, 5.74) is 3.66. The maximum Gasteiger partial charge on any atom is 0.342 e. The first-order chi connectivity index (χ1) is 16.1. The van der Waals surface area contributed by atoms with Crippen LogP contribution in [0.1, 0.15) is 49.3 Å². The number of carbonyl (C=O) groups is 2. The third-order valence-electron chi connectivity index (χ3n) is 6.47. The number of hydrogen-bond acceptors (Lipinski definition) is 4. The van der Waals surface area contributed by atoms with Gasteiger partial charge in [0.05, 0.1) is 11.4 Å². The second-order valence-corrected chi connectivity index (χ2v) is 8.96. The minimum absolute atomic E-state index is 0.00474. The molecule has 2 aliphatic carbocycles. The number of anilines is 1. The van der Waals surface area contributed by atoms with Gasteiger partial charge in [0.2, 0.25) is 5.91 Å². The molecular weight excluding hydrogens is 416 g/mol. The van der Waals surface area contributed by atoms with Crippen LogP contribution in [0.5, 0.6) is 5.75 Å². The number of amides is 2. The molecule has 2 aliphatic rings. The number of benzene rings is 2. The molecule has 33 heavy (non-hydrogen) atoms. The molecule has 7 heteroatoms. The van der Waals surface area contributed by atoms with E-state index in [1.807, 2.05) is 36.4 Å². The van der Waals surface area contributed by atoms with E-state index in [0.29, 0.717) is 23.5 Å². The Kier molecular flexibility index (Phi) is 5.86. The number of nitrogens with zero attached hydrogens (tertiary/aromatic N) is 2. The third kappa shape index (κ3) is 4.77. The van der Waals surface area contributed by atoms with Crippen molar-refractivity contribution in [2.75, 3.05) is 11.9 Å². The molecule has 0 saturated heterocycles. The molecule has 3 aromatic rings. The summed E-state index contributed by atoms with van der Waals surface area (Å²) >= 11 is 0. The highest BCUT2D eigenvalue weighted by Gasteiger charge is 2.30. The number of carbonyl (C=O) groups excluding carboxylic acids is 2. The van der Waals surface area contributed by atoms with Gasteiger partial charge in [-0.1, -0.05) is 36.8 Å². The molecule has 2 amide bonds. The van der Waals surface area contributed by atoms with Gasteiger partial charge in [-0.15, -0.1) is 0 Å². The molecule has 2 saturated carbocycles. The van der Waals surface area contributed by atoms with Crippen LogP contribution in [-0.2, 0) is 11.2 Å². The summed E-state index contributed by atoms with van der Waals surface area (Å²) in [6.45, 7) is 0.510. The normalized spacial score (nSPS) is 15.6. The summed E-state index contributed by atoms with van der Waals surface area (Å²) in [7, 11) is 0. The number of aromatic hydroxyl groups is 1. The number of hydrogen-bond donors (Lipinski definition) is 3. The Morgan fingerprint density at radius 1 is 1.03 bits per heavy atom. The fourth-order valence-corrected chi connectivity index (χ4v) is 4.13. The van der Waals surface area contributed by atoms with Crippen molar-refractivity contribution in [1.29, 1.82) is 0 Å². The summed E-state index contributed by atoms with van der Waals surface area (Å²) in [4.78, 5) is 25.1. The Morgan fingerprint density at radius 3 is 2.52 bits per heavy atom. The van der Waals surface area contributed by atoms with Crippen LogP contribution in [0.4, 0.5) is 10.5 Å². The zero-order chi connectivity index (χ0) is 22.8. The third-order valence-corrected chi connectivity index (χ3v) is 6.47. The van der Waals surface area contributed by atoms with Crippen molar-refractivity contribution in [3.8, 4) is 17.0 Å². The summed E-state index contributed by atoms with van der Waals surface area (Å²) in [6, 6.07) is 16.6. The van der Waals surface area contributed by atoms with Gasteiger partial charge in [0.15, 0.2) is 0 Å². The Bertz CT molecular complexity index is 1160.